The van der Waals surface area contributed by atoms with Crippen LogP contribution in [0.5, 0.6) is 0 Å². The highest BCUT2D eigenvalue weighted by atomic mass is 16.5. The van der Waals surface area contributed by atoms with Gasteiger partial charge in [0.15, 0.2) is 0 Å². The van der Waals surface area contributed by atoms with E-state index in [1.54, 1.807) is 0 Å². The molecule has 0 amide bonds. The molecular weight excluding hydrogens is 190 g/mol. The summed E-state index contributed by atoms with van der Waals surface area (Å²) >= 11 is 0. The largest absolute Gasteiger partial charge is 0.389 e. The van der Waals surface area contributed by atoms with Crippen LogP contribution >= 0.6 is 0 Å². The maximum Gasteiger partial charge on any atom is 0.0948 e. The number of nitrogens with one attached hydrogen (secondary N) is 1. The molecule has 0 aromatic heterocycles. The lowest BCUT2D eigenvalue weighted by Gasteiger charge is -2.34. The number of rotatable bonds is 2. The van der Waals surface area contributed by atoms with E-state index in [1.165, 1.54) is 19.3 Å². The second kappa shape index (κ2) is 4.81. The fraction of sp³-hybridized carbons (Fsp3) is 1.00. The Balaban J connectivity index is 1.83. The Morgan fingerprint density at radius 3 is 2.27 bits per heavy atom. The summed E-state index contributed by atoms with van der Waals surface area (Å²) in [4.78, 5) is 0. The van der Waals surface area contributed by atoms with Crippen LogP contribution in [0.2, 0.25) is 0 Å². The van der Waals surface area contributed by atoms with E-state index < -0.39 is 0 Å². The molecule has 1 heterocycles. The molecule has 0 spiro atoms. The van der Waals surface area contributed by atoms with Crippen LogP contribution in [0.3, 0.4) is 0 Å². The number of hydrogen-bond donors (Lipinski definition) is 2. The molecular formula is C12H23NO2. The third-order valence-corrected chi connectivity index (χ3v) is 3.68. The Hall–Kier alpha value is -0.120. The van der Waals surface area contributed by atoms with E-state index >= 15 is 0 Å². The van der Waals surface area contributed by atoms with E-state index in [0.29, 0.717) is 19.3 Å². The molecule has 1 saturated carbocycles. The van der Waals surface area contributed by atoms with Gasteiger partial charge in [-0.25, -0.2) is 0 Å². The van der Waals surface area contributed by atoms with Crippen molar-refractivity contribution in [1.29, 1.82) is 0 Å². The molecule has 2 N–H and O–H groups in total. The summed E-state index contributed by atoms with van der Waals surface area (Å²) in [6.07, 6.45) is 3.53. The van der Waals surface area contributed by atoms with Gasteiger partial charge in [-0.1, -0.05) is 13.8 Å². The summed E-state index contributed by atoms with van der Waals surface area (Å²) in [7, 11) is 0. The first-order valence-electron chi connectivity index (χ1n) is 6.17. The number of hydrogen-bond acceptors (Lipinski definition) is 3. The van der Waals surface area contributed by atoms with Gasteiger partial charge in [-0.05, 0) is 31.1 Å². The molecule has 2 aliphatic rings. The highest BCUT2D eigenvalue weighted by Crippen LogP contribution is 2.29. The molecule has 1 aliphatic carbocycles. The minimum absolute atomic E-state index is 0.160. The molecule has 4 unspecified atom stereocenters. The van der Waals surface area contributed by atoms with Crippen LogP contribution in [0.1, 0.15) is 33.1 Å². The Morgan fingerprint density at radius 2 is 1.73 bits per heavy atom. The molecule has 4 atom stereocenters. The lowest BCUT2D eigenvalue weighted by Crippen LogP contribution is -2.47. The topological polar surface area (TPSA) is 41.5 Å². The third-order valence-electron chi connectivity index (χ3n) is 3.68. The SMILES string of the molecule is CC1CC(C)CC(NC2COCC2O)C1. The van der Waals surface area contributed by atoms with Crippen LogP contribution in [-0.4, -0.2) is 36.5 Å². The van der Waals surface area contributed by atoms with Gasteiger partial charge in [-0.3, -0.25) is 0 Å². The second-order valence-corrected chi connectivity index (χ2v) is 5.49. The first-order chi connectivity index (χ1) is 7.15. The molecule has 88 valence electrons. The van der Waals surface area contributed by atoms with E-state index in [-0.39, 0.29) is 12.1 Å². The van der Waals surface area contributed by atoms with Crippen LogP contribution in [-0.2, 0) is 4.74 Å². The predicted molar refractivity (Wildman–Crippen MR) is 59.7 cm³/mol. The quantitative estimate of drug-likeness (QED) is 0.723. The van der Waals surface area contributed by atoms with E-state index in [1.807, 2.05) is 0 Å². The van der Waals surface area contributed by atoms with Crippen LogP contribution in [0.15, 0.2) is 0 Å². The summed E-state index contributed by atoms with van der Waals surface area (Å²) in [5, 5.41) is 13.2. The smallest absolute Gasteiger partial charge is 0.0948 e. The predicted octanol–water partition coefficient (Wildman–Crippen LogP) is 1.16. The maximum atomic E-state index is 9.66. The van der Waals surface area contributed by atoms with Crippen molar-refractivity contribution in [3.05, 3.63) is 0 Å². The average molecular weight is 213 g/mol. The van der Waals surface area contributed by atoms with Crippen molar-refractivity contribution in [2.75, 3.05) is 13.2 Å². The van der Waals surface area contributed by atoms with Gasteiger partial charge in [0.05, 0.1) is 25.4 Å². The number of aliphatic hydroxyl groups excluding tert-OH is 1. The van der Waals surface area contributed by atoms with Crippen molar-refractivity contribution in [1.82, 2.24) is 5.32 Å². The van der Waals surface area contributed by atoms with Crippen molar-refractivity contribution in [2.45, 2.75) is 51.3 Å². The van der Waals surface area contributed by atoms with E-state index in [2.05, 4.69) is 19.2 Å². The molecule has 3 heteroatoms. The Morgan fingerprint density at radius 1 is 1.07 bits per heavy atom. The second-order valence-electron chi connectivity index (χ2n) is 5.49. The standard InChI is InChI=1S/C12H23NO2/c1-8-3-9(2)5-10(4-8)13-11-6-15-7-12(11)14/h8-14H,3-7H2,1-2H3. The molecule has 0 aromatic rings. The van der Waals surface area contributed by atoms with Gasteiger partial charge in [0.1, 0.15) is 0 Å². The third kappa shape index (κ3) is 2.92. The summed E-state index contributed by atoms with van der Waals surface area (Å²) in [5.41, 5.74) is 0. The molecule has 0 radical (unpaired) electrons. The van der Waals surface area contributed by atoms with Gasteiger partial charge in [0.2, 0.25) is 0 Å². The first-order valence-corrected chi connectivity index (χ1v) is 6.17. The summed E-state index contributed by atoms with van der Waals surface area (Å²) in [6, 6.07) is 0.734. The highest BCUT2D eigenvalue weighted by molar-refractivity contribution is 4.87. The van der Waals surface area contributed by atoms with E-state index in [9.17, 15) is 5.11 Å². The zero-order valence-electron chi connectivity index (χ0n) is 9.78. The number of aliphatic hydroxyl groups is 1. The van der Waals surface area contributed by atoms with Crippen molar-refractivity contribution >= 4 is 0 Å². The van der Waals surface area contributed by atoms with E-state index in [4.69, 9.17) is 4.74 Å². The molecule has 2 rings (SSSR count). The van der Waals surface area contributed by atoms with Crippen molar-refractivity contribution in [3.63, 3.8) is 0 Å². The van der Waals surface area contributed by atoms with Gasteiger partial charge in [0.25, 0.3) is 0 Å². The maximum absolute atomic E-state index is 9.66. The van der Waals surface area contributed by atoms with Gasteiger partial charge < -0.3 is 15.2 Å². The molecule has 1 aliphatic heterocycles. The molecule has 0 aromatic carbocycles. The highest BCUT2D eigenvalue weighted by Gasteiger charge is 2.31. The summed E-state index contributed by atoms with van der Waals surface area (Å²) < 4.78 is 5.25. The minimum atomic E-state index is -0.308. The molecule has 2 fully saturated rings. The van der Waals surface area contributed by atoms with Crippen LogP contribution in [0.4, 0.5) is 0 Å². The fourth-order valence-electron chi connectivity index (χ4n) is 3.09. The van der Waals surface area contributed by atoms with Crippen LogP contribution < -0.4 is 5.32 Å². The van der Waals surface area contributed by atoms with Crippen LogP contribution in [0, 0.1) is 11.8 Å². The lowest BCUT2D eigenvalue weighted by atomic mass is 9.80. The van der Waals surface area contributed by atoms with Gasteiger partial charge in [-0.15, -0.1) is 0 Å². The van der Waals surface area contributed by atoms with Gasteiger partial charge >= 0.3 is 0 Å². The normalized spacial score (nSPS) is 47.0. The van der Waals surface area contributed by atoms with Gasteiger partial charge in [-0.2, -0.15) is 0 Å². The molecule has 1 saturated heterocycles. The Labute approximate surface area is 92.2 Å². The first kappa shape index (κ1) is 11.4. The minimum Gasteiger partial charge on any atom is -0.389 e. The average Bonchev–Trinajstić information content (AvgIpc) is 2.50. The summed E-state index contributed by atoms with van der Waals surface area (Å²) in [6.45, 7) is 5.81. The number of ether oxygens (including phenoxy) is 1. The summed E-state index contributed by atoms with van der Waals surface area (Å²) in [5.74, 6) is 1.62. The molecule has 15 heavy (non-hydrogen) atoms. The van der Waals surface area contributed by atoms with Crippen molar-refractivity contribution in [3.8, 4) is 0 Å². The zero-order valence-corrected chi connectivity index (χ0v) is 9.78. The lowest BCUT2D eigenvalue weighted by molar-refractivity contribution is 0.118. The van der Waals surface area contributed by atoms with Crippen LogP contribution in [0.25, 0.3) is 0 Å². The zero-order chi connectivity index (χ0) is 10.8. The molecule has 0 bridgehead atoms. The van der Waals surface area contributed by atoms with E-state index in [0.717, 1.165) is 11.8 Å². The Bertz CT molecular complexity index is 200. The monoisotopic (exact) mass is 213 g/mol. The Kier molecular flexibility index (Phi) is 3.65. The molecule has 3 nitrogen and oxygen atoms in total. The van der Waals surface area contributed by atoms with Crippen molar-refractivity contribution in [2.24, 2.45) is 11.8 Å². The fourth-order valence-corrected chi connectivity index (χ4v) is 3.09. The van der Waals surface area contributed by atoms with Gasteiger partial charge in [0, 0.05) is 6.04 Å². The van der Waals surface area contributed by atoms with Crippen molar-refractivity contribution < 1.29 is 9.84 Å².